The number of fused-ring (bicyclic) bond motifs is 1. The molecule has 5 nitrogen and oxygen atoms in total. The molecule has 0 bridgehead atoms. The van der Waals surface area contributed by atoms with E-state index in [4.69, 9.17) is 14.2 Å². The van der Waals surface area contributed by atoms with E-state index in [0.29, 0.717) is 11.1 Å². The smallest absolute Gasteiger partial charge is 0.338 e. The molecule has 0 N–H and O–H groups in total. The lowest BCUT2D eigenvalue weighted by atomic mass is 10.0. The molecule has 3 rings (SSSR count). The van der Waals surface area contributed by atoms with Crippen LogP contribution < -0.4 is 0 Å². The van der Waals surface area contributed by atoms with Crippen molar-refractivity contribution in [2.75, 3.05) is 0 Å². The fourth-order valence-electron chi connectivity index (χ4n) is 2.28. The van der Waals surface area contributed by atoms with Gasteiger partial charge in [0.2, 0.25) is 0 Å². The number of carbonyl (C=O) groups excluding carboxylic acids is 2. The zero-order valence-corrected chi connectivity index (χ0v) is 9.79. The van der Waals surface area contributed by atoms with Gasteiger partial charge in [-0.05, 0) is 6.92 Å². The van der Waals surface area contributed by atoms with Crippen LogP contribution in [-0.2, 0) is 23.8 Å². The third-order valence-corrected chi connectivity index (χ3v) is 3.22. The molecule has 0 saturated carbocycles. The van der Waals surface area contributed by atoms with Crippen molar-refractivity contribution in [2.24, 2.45) is 5.92 Å². The van der Waals surface area contributed by atoms with Crippen molar-refractivity contribution in [1.29, 1.82) is 0 Å². The fraction of sp³-hybridized carbons (Fsp3) is 0.385. The first-order chi connectivity index (χ1) is 8.65. The van der Waals surface area contributed by atoms with Crippen molar-refractivity contribution in [3.8, 4) is 0 Å². The Kier molecular flexibility index (Phi) is 2.47. The van der Waals surface area contributed by atoms with Gasteiger partial charge in [0.1, 0.15) is 6.10 Å². The van der Waals surface area contributed by atoms with Crippen LogP contribution in [0.2, 0.25) is 0 Å². The lowest BCUT2D eigenvalue weighted by Gasteiger charge is -2.11. The second-order valence-electron chi connectivity index (χ2n) is 4.50. The first-order valence-corrected chi connectivity index (χ1v) is 5.77. The average Bonchev–Trinajstić information content (AvgIpc) is 2.93. The molecule has 2 heterocycles. The number of rotatable bonds is 2. The number of hydrogen-bond acceptors (Lipinski definition) is 5. The van der Waals surface area contributed by atoms with Gasteiger partial charge in [-0.3, -0.25) is 0 Å². The summed E-state index contributed by atoms with van der Waals surface area (Å²) in [6.45, 7) is 1.74. The highest BCUT2D eigenvalue weighted by Gasteiger charge is 2.40. The quantitative estimate of drug-likeness (QED) is 0.318. The highest BCUT2D eigenvalue weighted by atomic mass is 16.7. The molecule has 1 fully saturated rings. The van der Waals surface area contributed by atoms with Crippen LogP contribution in [0.4, 0.5) is 0 Å². The third-order valence-electron chi connectivity index (χ3n) is 3.22. The van der Waals surface area contributed by atoms with Gasteiger partial charge in [-0.2, -0.15) is 0 Å². The minimum atomic E-state index is -0.734. The summed E-state index contributed by atoms with van der Waals surface area (Å²) in [5.74, 6) is -0.831. The van der Waals surface area contributed by atoms with Gasteiger partial charge in [0, 0.05) is 24.0 Å². The van der Waals surface area contributed by atoms with Gasteiger partial charge in [0.25, 0.3) is 6.29 Å². The molecule has 1 aliphatic carbocycles. The molecule has 0 aromatic heterocycles. The number of esters is 2. The second kappa shape index (κ2) is 4.01. The minimum Gasteiger partial charge on any atom is -0.458 e. The summed E-state index contributed by atoms with van der Waals surface area (Å²) in [5, 5.41) is 0. The van der Waals surface area contributed by atoms with Crippen molar-refractivity contribution in [1.82, 2.24) is 0 Å². The van der Waals surface area contributed by atoms with Crippen LogP contribution in [0.15, 0.2) is 35.6 Å². The molecule has 18 heavy (non-hydrogen) atoms. The molecule has 5 heteroatoms. The van der Waals surface area contributed by atoms with Gasteiger partial charge in [0.15, 0.2) is 0 Å². The van der Waals surface area contributed by atoms with Gasteiger partial charge in [-0.15, -0.1) is 0 Å². The molecule has 0 unspecified atom stereocenters. The molecule has 0 radical (unpaired) electrons. The lowest BCUT2D eigenvalue weighted by Crippen LogP contribution is -2.14. The van der Waals surface area contributed by atoms with E-state index in [2.05, 4.69) is 0 Å². The van der Waals surface area contributed by atoms with E-state index in [1.807, 2.05) is 12.2 Å². The minimum absolute atomic E-state index is 0.0427. The predicted molar refractivity (Wildman–Crippen MR) is 59.9 cm³/mol. The van der Waals surface area contributed by atoms with E-state index in [-0.39, 0.29) is 18.0 Å². The normalized spacial score (nSPS) is 35.5. The second-order valence-corrected chi connectivity index (χ2v) is 4.50. The van der Waals surface area contributed by atoms with E-state index in [1.54, 1.807) is 6.92 Å². The zero-order chi connectivity index (χ0) is 12.7. The van der Waals surface area contributed by atoms with Crippen molar-refractivity contribution in [3.63, 3.8) is 0 Å². The van der Waals surface area contributed by atoms with E-state index in [9.17, 15) is 9.59 Å². The Balaban J connectivity index is 1.73. The molecule has 2 aliphatic heterocycles. The molecule has 0 spiro atoms. The molecule has 3 aliphatic rings. The highest BCUT2D eigenvalue weighted by molar-refractivity contribution is 5.92. The Hall–Kier alpha value is -2.04. The Labute approximate surface area is 104 Å². The Bertz CT molecular complexity index is 500. The van der Waals surface area contributed by atoms with Crippen LogP contribution in [0.1, 0.15) is 13.3 Å². The molecular weight excluding hydrogens is 236 g/mol. The third kappa shape index (κ3) is 1.72. The van der Waals surface area contributed by atoms with Crippen LogP contribution >= 0.6 is 0 Å². The van der Waals surface area contributed by atoms with E-state index >= 15 is 0 Å². The van der Waals surface area contributed by atoms with Crippen molar-refractivity contribution in [3.05, 3.63) is 35.6 Å². The van der Waals surface area contributed by atoms with Crippen molar-refractivity contribution >= 4 is 11.9 Å². The summed E-state index contributed by atoms with van der Waals surface area (Å²) in [6.07, 6.45) is 6.55. The Morgan fingerprint density at radius 3 is 2.94 bits per heavy atom. The standard InChI is InChI=1S/C13H12O5/c1-7-5-11(14)18-13(7)16-6-9-8-3-2-4-10(8)17-12(9)15/h2-3,5-6,8,10,13H,4H2,1H3/b9-6+/t8-,10+,13+/m1/s1. The van der Waals surface area contributed by atoms with E-state index in [1.165, 1.54) is 12.3 Å². The van der Waals surface area contributed by atoms with Crippen molar-refractivity contribution in [2.45, 2.75) is 25.7 Å². The zero-order valence-electron chi connectivity index (χ0n) is 9.79. The number of ether oxygens (including phenoxy) is 3. The number of cyclic esters (lactones) is 1. The maximum Gasteiger partial charge on any atom is 0.338 e. The van der Waals surface area contributed by atoms with Crippen LogP contribution in [0.5, 0.6) is 0 Å². The van der Waals surface area contributed by atoms with Crippen LogP contribution in [0.3, 0.4) is 0 Å². The topological polar surface area (TPSA) is 61.8 Å². The van der Waals surface area contributed by atoms with Gasteiger partial charge in [-0.1, -0.05) is 12.2 Å². The highest BCUT2D eigenvalue weighted by Crippen LogP contribution is 2.35. The Morgan fingerprint density at radius 2 is 2.22 bits per heavy atom. The van der Waals surface area contributed by atoms with Crippen LogP contribution in [0, 0.1) is 5.92 Å². The summed E-state index contributed by atoms with van der Waals surface area (Å²) in [5.41, 5.74) is 1.16. The lowest BCUT2D eigenvalue weighted by molar-refractivity contribution is -0.152. The summed E-state index contributed by atoms with van der Waals surface area (Å²) >= 11 is 0. The van der Waals surface area contributed by atoms with Crippen LogP contribution in [-0.4, -0.2) is 24.3 Å². The summed E-state index contributed by atoms with van der Waals surface area (Å²) in [6, 6.07) is 0. The van der Waals surface area contributed by atoms with Crippen LogP contribution in [0.25, 0.3) is 0 Å². The first kappa shape index (κ1) is 11.1. The summed E-state index contributed by atoms with van der Waals surface area (Å²) in [4.78, 5) is 22.6. The SMILES string of the molecule is CC1=CC(=O)O[C@@H]1O/C=C1/C(=O)O[C@H]2CC=C[C@H]12. The molecule has 3 atom stereocenters. The first-order valence-electron chi connectivity index (χ1n) is 5.77. The summed E-state index contributed by atoms with van der Waals surface area (Å²) in [7, 11) is 0. The molecule has 1 saturated heterocycles. The largest absolute Gasteiger partial charge is 0.458 e. The number of carbonyl (C=O) groups is 2. The molecule has 94 valence electrons. The monoisotopic (exact) mass is 248 g/mol. The molecule has 0 amide bonds. The van der Waals surface area contributed by atoms with Crippen molar-refractivity contribution < 1.29 is 23.8 Å². The predicted octanol–water partition coefficient (Wildman–Crippen LogP) is 1.22. The van der Waals surface area contributed by atoms with Gasteiger partial charge < -0.3 is 14.2 Å². The summed E-state index contributed by atoms with van der Waals surface area (Å²) < 4.78 is 15.4. The van der Waals surface area contributed by atoms with E-state index in [0.717, 1.165) is 6.42 Å². The molecule has 0 aromatic carbocycles. The molecular formula is C13H12O5. The fourth-order valence-corrected chi connectivity index (χ4v) is 2.28. The van der Waals surface area contributed by atoms with E-state index < -0.39 is 12.3 Å². The number of hydrogen-bond donors (Lipinski definition) is 0. The van der Waals surface area contributed by atoms with Gasteiger partial charge >= 0.3 is 11.9 Å². The van der Waals surface area contributed by atoms with Gasteiger partial charge in [0.05, 0.1) is 11.8 Å². The average molecular weight is 248 g/mol. The maximum atomic E-state index is 11.6. The Morgan fingerprint density at radius 1 is 1.39 bits per heavy atom. The van der Waals surface area contributed by atoms with Gasteiger partial charge in [-0.25, -0.2) is 9.59 Å². The molecule has 0 aromatic rings. The maximum absolute atomic E-state index is 11.6.